The van der Waals surface area contributed by atoms with Crippen LogP contribution in [0, 0.1) is 5.92 Å². The lowest BCUT2D eigenvalue weighted by atomic mass is 9.95. The van der Waals surface area contributed by atoms with E-state index in [9.17, 15) is 4.79 Å². The fourth-order valence-electron chi connectivity index (χ4n) is 4.25. The van der Waals surface area contributed by atoms with Crippen LogP contribution in [0.15, 0.2) is 54.6 Å². The molecule has 2 aliphatic heterocycles. The minimum atomic E-state index is 0.128. The highest BCUT2D eigenvalue weighted by Gasteiger charge is 2.26. The SMILES string of the molecule is O=C(NC[C@@H]1CCCO1)C1CCN(Cc2cccc(OCc3ccccc3)c2)CC1. The van der Waals surface area contributed by atoms with Gasteiger partial charge < -0.3 is 14.8 Å². The second-order valence-electron chi connectivity index (χ2n) is 8.35. The first-order valence-corrected chi connectivity index (χ1v) is 11.1. The minimum absolute atomic E-state index is 0.128. The zero-order chi connectivity index (χ0) is 20.6. The molecule has 2 heterocycles. The molecule has 2 aromatic rings. The zero-order valence-electron chi connectivity index (χ0n) is 17.6. The van der Waals surface area contributed by atoms with Gasteiger partial charge in [0.15, 0.2) is 0 Å². The van der Waals surface area contributed by atoms with Gasteiger partial charge in [0.2, 0.25) is 5.91 Å². The Hall–Kier alpha value is -2.37. The number of carbonyl (C=O) groups excluding carboxylic acids is 1. The minimum Gasteiger partial charge on any atom is -0.489 e. The normalized spacial score (nSPS) is 20.2. The van der Waals surface area contributed by atoms with Crippen LogP contribution in [0.25, 0.3) is 0 Å². The first-order valence-electron chi connectivity index (χ1n) is 11.1. The quantitative estimate of drug-likeness (QED) is 0.722. The van der Waals surface area contributed by atoms with Gasteiger partial charge in [0, 0.05) is 25.6 Å². The number of piperidine rings is 1. The highest BCUT2D eigenvalue weighted by atomic mass is 16.5. The van der Waals surface area contributed by atoms with E-state index in [1.54, 1.807) is 0 Å². The molecule has 1 atom stereocenters. The molecule has 1 amide bonds. The van der Waals surface area contributed by atoms with Crippen LogP contribution in [0.2, 0.25) is 0 Å². The van der Waals surface area contributed by atoms with Crippen LogP contribution in [0.4, 0.5) is 0 Å². The molecule has 30 heavy (non-hydrogen) atoms. The Morgan fingerprint density at radius 2 is 1.83 bits per heavy atom. The number of carbonyl (C=O) groups is 1. The number of benzene rings is 2. The van der Waals surface area contributed by atoms with E-state index in [4.69, 9.17) is 9.47 Å². The van der Waals surface area contributed by atoms with E-state index in [0.29, 0.717) is 13.2 Å². The molecular weight excluding hydrogens is 376 g/mol. The molecule has 0 radical (unpaired) electrons. The molecule has 0 aliphatic carbocycles. The number of nitrogens with one attached hydrogen (secondary N) is 1. The van der Waals surface area contributed by atoms with Crippen molar-refractivity contribution in [2.45, 2.75) is 44.9 Å². The Balaban J connectivity index is 1.20. The van der Waals surface area contributed by atoms with Crippen molar-refractivity contribution in [1.82, 2.24) is 10.2 Å². The average Bonchev–Trinajstić information content (AvgIpc) is 3.31. The summed E-state index contributed by atoms with van der Waals surface area (Å²) >= 11 is 0. The Morgan fingerprint density at radius 3 is 2.60 bits per heavy atom. The van der Waals surface area contributed by atoms with Crippen molar-refractivity contribution in [2.75, 3.05) is 26.2 Å². The van der Waals surface area contributed by atoms with Gasteiger partial charge in [0.25, 0.3) is 0 Å². The summed E-state index contributed by atoms with van der Waals surface area (Å²) in [4.78, 5) is 14.9. The standard InChI is InChI=1S/C25H32N2O3/c28-25(26-17-24-10-5-15-29-24)22-11-13-27(14-12-22)18-21-8-4-9-23(16-21)30-19-20-6-2-1-3-7-20/h1-4,6-9,16,22,24H,5,10-15,17-19H2,(H,26,28)/t24-/m0/s1. The fraction of sp³-hybridized carbons (Fsp3) is 0.480. The molecule has 2 aromatic carbocycles. The lowest BCUT2D eigenvalue weighted by Crippen LogP contribution is -2.42. The van der Waals surface area contributed by atoms with Gasteiger partial charge >= 0.3 is 0 Å². The molecule has 0 unspecified atom stereocenters. The third-order valence-electron chi connectivity index (χ3n) is 6.04. The maximum atomic E-state index is 12.5. The summed E-state index contributed by atoms with van der Waals surface area (Å²) in [6.07, 6.45) is 4.22. The molecule has 5 heteroatoms. The molecule has 1 N–H and O–H groups in total. The lowest BCUT2D eigenvalue weighted by molar-refractivity contribution is -0.127. The Kier molecular flexibility index (Phi) is 7.38. The van der Waals surface area contributed by atoms with E-state index < -0.39 is 0 Å². The van der Waals surface area contributed by atoms with E-state index in [2.05, 4.69) is 40.5 Å². The average molecular weight is 409 g/mol. The predicted octanol–water partition coefficient (Wildman–Crippen LogP) is 3.77. The highest BCUT2D eigenvalue weighted by molar-refractivity contribution is 5.78. The Morgan fingerprint density at radius 1 is 1.03 bits per heavy atom. The maximum Gasteiger partial charge on any atom is 0.223 e. The summed E-state index contributed by atoms with van der Waals surface area (Å²) < 4.78 is 11.6. The summed E-state index contributed by atoms with van der Waals surface area (Å²) in [5.74, 6) is 1.23. The van der Waals surface area contributed by atoms with Gasteiger partial charge in [-0.1, -0.05) is 42.5 Å². The van der Waals surface area contributed by atoms with Gasteiger partial charge in [-0.15, -0.1) is 0 Å². The van der Waals surface area contributed by atoms with Crippen molar-refractivity contribution in [3.63, 3.8) is 0 Å². The number of hydrogen-bond acceptors (Lipinski definition) is 4. The van der Waals surface area contributed by atoms with Gasteiger partial charge in [-0.25, -0.2) is 0 Å². The van der Waals surface area contributed by atoms with E-state index in [0.717, 1.165) is 57.7 Å². The van der Waals surface area contributed by atoms with Crippen molar-refractivity contribution in [3.8, 4) is 5.75 Å². The summed E-state index contributed by atoms with van der Waals surface area (Å²) in [6.45, 7) is 4.87. The summed E-state index contributed by atoms with van der Waals surface area (Å²) in [5, 5.41) is 3.09. The van der Waals surface area contributed by atoms with E-state index in [1.807, 2.05) is 24.3 Å². The Labute approximate surface area is 179 Å². The van der Waals surface area contributed by atoms with Crippen molar-refractivity contribution in [2.24, 2.45) is 5.92 Å². The number of amides is 1. The van der Waals surface area contributed by atoms with Crippen molar-refractivity contribution >= 4 is 5.91 Å². The molecule has 4 rings (SSSR count). The van der Waals surface area contributed by atoms with Gasteiger partial charge in [-0.3, -0.25) is 9.69 Å². The number of nitrogens with zero attached hydrogens (tertiary/aromatic N) is 1. The fourth-order valence-corrected chi connectivity index (χ4v) is 4.25. The van der Waals surface area contributed by atoms with Gasteiger partial charge in [0.1, 0.15) is 12.4 Å². The van der Waals surface area contributed by atoms with Crippen LogP contribution in [0.5, 0.6) is 5.75 Å². The molecule has 0 bridgehead atoms. The van der Waals surface area contributed by atoms with Crippen molar-refractivity contribution < 1.29 is 14.3 Å². The molecule has 160 valence electrons. The second-order valence-corrected chi connectivity index (χ2v) is 8.35. The molecular formula is C25H32N2O3. The monoisotopic (exact) mass is 408 g/mol. The third kappa shape index (κ3) is 6.07. The van der Waals surface area contributed by atoms with Crippen LogP contribution in [-0.4, -0.2) is 43.2 Å². The van der Waals surface area contributed by atoms with Gasteiger partial charge in [0.05, 0.1) is 6.10 Å². The number of likely N-dealkylation sites (tertiary alicyclic amines) is 1. The molecule has 2 fully saturated rings. The third-order valence-corrected chi connectivity index (χ3v) is 6.04. The van der Waals surface area contributed by atoms with Crippen LogP contribution in [0.3, 0.4) is 0 Å². The smallest absolute Gasteiger partial charge is 0.223 e. The molecule has 2 aliphatic rings. The van der Waals surface area contributed by atoms with Crippen molar-refractivity contribution in [1.29, 1.82) is 0 Å². The lowest BCUT2D eigenvalue weighted by Gasteiger charge is -2.31. The summed E-state index contributed by atoms with van der Waals surface area (Å²) in [6, 6.07) is 18.6. The van der Waals surface area contributed by atoms with Crippen molar-refractivity contribution in [3.05, 3.63) is 65.7 Å². The zero-order valence-corrected chi connectivity index (χ0v) is 17.6. The first-order chi connectivity index (χ1) is 14.8. The van der Waals surface area contributed by atoms with E-state index in [1.165, 1.54) is 11.1 Å². The molecule has 0 saturated carbocycles. The number of ether oxygens (including phenoxy) is 2. The number of hydrogen-bond donors (Lipinski definition) is 1. The van der Waals surface area contributed by atoms with Gasteiger partial charge in [-0.2, -0.15) is 0 Å². The van der Waals surface area contributed by atoms with Crippen LogP contribution in [0.1, 0.15) is 36.8 Å². The topological polar surface area (TPSA) is 50.8 Å². The highest BCUT2D eigenvalue weighted by Crippen LogP contribution is 2.22. The predicted molar refractivity (Wildman–Crippen MR) is 117 cm³/mol. The molecule has 0 spiro atoms. The molecule has 5 nitrogen and oxygen atoms in total. The van der Waals surface area contributed by atoms with Gasteiger partial charge in [-0.05, 0) is 62.0 Å². The van der Waals surface area contributed by atoms with Crippen LogP contribution < -0.4 is 10.1 Å². The molecule has 2 saturated heterocycles. The summed E-state index contributed by atoms with van der Waals surface area (Å²) in [5.41, 5.74) is 2.42. The summed E-state index contributed by atoms with van der Waals surface area (Å²) in [7, 11) is 0. The van der Waals surface area contributed by atoms with E-state index in [-0.39, 0.29) is 17.9 Å². The number of rotatable bonds is 8. The maximum absolute atomic E-state index is 12.5. The second kappa shape index (κ2) is 10.6. The Bertz CT molecular complexity index is 797. The van der Waals surface area contributed by atoms with Crippen LogP contribution in [-0.2, 0) is 22.7 Å². The van der Waals surface area contributed by atoms with E-state index >= 15 is 0 Å². The molecule has 0 aromatic heterocycles. The largest absolute Gasteiger partial charge is 0.489 e. The first kappa shape index (κ1) is 20.9. The van der Waals surface area contributed by atoms with Crippen LogP contribution >= 0.6 is 0 Å².